The van der Waals surface area contributed by atoms with E-state index in [0.29, 0.717) is 17.0 Å². The summed E-state index contributed by atoms with van der Waals surface area (Å²) in [5.74, 6) is 0. The first-order valence-electron chi connectivity index (χ1n) is 6.44. The van der Waals surface area contributed by atoms with Crippen LogP contribution in [0.2, 0.25) is 5.02 Å². The van der Waals surface area contributed by atoms with Crippen LogP contribution in [0, 0.1) is 0 Å². The Morgan fingerprint density at radius 3 is 2.45 bits per heavy atom. The van der Waals surface area contributed by atoms with Crippen molar-refractivity contribution in [3.05, 3.63) is 75.8 Å². The summed E-state index contributed by atoms with van der Waals surface area (Å²) in [4.78, 5) is 11.8. The number of allylic oxidation sites excluding steroid dienone is 1. The Morgan fingerprint density at radius 1 is 1.00 bits per heavy atom. The standard InChI is InChI=1S/C17H12Cl2O/c18-13-8-6-11-7-9-14(17(19)20)16(15(11)10-13)12-4-2-1-3-5-12/h1-6,8,10H,7,9H2. The molecule has 0 fully saturated rings. The van der Waals surface area contributed by atoms with Crippen molar-refractivity contribution < 1.29 is 4.79 Å². The summed E-state index contributed by atoms with van der Waals surface area (Å²) in [5, 5.41) is 0.287. The van der Waals surface area contributed by atoms with Gasteiger partial charge in [-0.15, -0.1) is 0 Å². The molecule has 1 aliphatic rings. The SMILES string of the molecule is O=C(Cl)C1=C(c2ccccc2)c2cc(Cl)ccc2CC1. The summed E-state index contributed by atoms with van der Waals surface area (Å²) < 4.78 is 0. The fraction of sp³-hybridized carbons (Fsp3) is 0.118. The maximum atomic E-state index is 11.8. The van der Waals surface area contributed by atoms with Crippen LogP contribution < -0.4 is 0 Å². The third-order valence-corrected chi connectivity index (χ3v) is 4.05. The van der Waals surface area contributed by atoms with Gasteiger partial charge in [0.2, 0.25) is 5.24 Å². The van der Waals surface area contributed by atoms with E-state index in [2.05, 4.69) is 0 Å². The highest BCUT2D eigenvalue weighted by Crippen LogP contribution is 2.38. The van der Waals surface area contributed by atoms with Gasteiger partial charge in [0.25, 0.3) is 0 Å². The molecule has 0 N–H and O–H groups in total. The molecule has 0 spiro atoms. The second kappa shape index (κ2) is 5.43. The monoisotopic (exact) mass is 302 g/mol. The number of carbonyl (C=O) groups is 1. The van der Waals surface area contributed by atoms with E-state index in [1.807, 2.05) is 48.5 Å². The molecule has 0 aromatic heterocycles. The first-order chi connectivity index (χ1) is 9.66. The minimum atomic E-state index is -0.380. The van der Waals surface area contributed by atoms with Crippen molar-refractivity contribution in [3.8, 4) is 0 Å². The fourth-order valence-corrected chi connectivity index (χ4v) is 3.04. The molecule has 0 aliphatic heterocycles. The highest BCUT2D eigenvalue weighted by atomic mass is 35.5. The van der Waals surface area contributed by atoms with E-state index in [1.54, 1.807) is 0 Å². The molecular weight excluding hydrogens is 291 g/mol. The van der Waals surface area contributed by atoms with E-state index in [-0.39, 0.29) is 5.24 Å². The highest BCUT2D eigenvalue weighted by molar-refractivity contribution is 6.68. The van der Waals surface area contributed by atoms with Crippen molar-refractivity contribution in [2.75, 3.05) is 0 Å². The van der Waals surface area contributed by atoms with Gasteiger partial charge in [-0.3, -0.25) is 4.79 Å². The van der Waals surface area contributed by atoms with Gasteiger partial charge in [-0.2, -0.15) is 0 Å². The molecule has 1 aliphatic carbocycles. The van der Waals surface area contributed by atoms with Gasteiger partial charge < -0.3 is 0 Å². The van der Waals surface area contributed by atoms with Gasteiger partial charge in [0.05, 0.1) is 0 Å². The van der Waals surface area contributed by atoms with Crippen molar-refractivity contribution in [2.24, 2.45) is 0 Å². The molecule has 0 saturated carbocycles. The average molecular weight is 303 g/mol. The minimum absolute atomic E-state index is 0.380. The number of halogens is 2. The van der Waals surface area contributed by atoms with Crippen LogP contribution >= 0.6 is 23.2 Å². The predicted octanol–water partition coefficient (Wildman–Crippen LogP) is 4.85. The summed E-state index contributed by atoms with van der Waals surface area (Å²) in [6.07, 6.45) is 1.48. The number of fused-ring (bicyclic) bond motifs is 1. The van der Waals surface area contributed by atoms with Crippen LogP contribution in [-0.4, -0.2) is 5.24 Å². The Hall–Kier alpha value is -1.57. The molecule has 0 atom stereocenters. The van der Waals surface area contributed by atoms with Crippen LogP contribution in [0.4, 0.5) is 0 Å². The molecule has 3 heteroatoms. The number of rotatable bonds is 2. The minimum Gasteiger partial charge on any atom is -0.276 e. The Balaban J connectivity index is 2.29. The Labute approximate surface area is 127 Å². The molecule has 20 heavy (non-hydrogen) atoms. The first kappa shape index (κ1) is 13.4. The molecule has 2 aromatic rings. The fourth-order valence-electron chi connectivity index (χ4n) is 2.68. The molecular formula is C17H12Cl2O. The zero-order valence-corrected chi connectivity index (χ0v) is 12.2. The highest BCUT2D eigenvalue weighted by Gasteiger charge is 2.23. The van der Waals surface area contributed by atoms with Crippen molar-refractivity contribution in [3.63, 3.8) is 0 Å². The summed E-state index contributed by atoms with van der Waals surface area (Å²) in [6.45, 7) is 0. The molecule has 100 valence electrons. The summed E-state index contributed by atoms with van der Waals surface area (Å²) in [6, 6.07) is 15.7. The predicted molar refractivity (Wildman–Crippen MR) is 83.1 cm³/mol. The summed E-state index contributed by atoms with van der Waals surface area (Å²) >= 11 is 11.9. The smallest absolute Gasteiger partial charge is 0.249 e. The van der Waals surface area contributed by atoms with E-state index in [9.17, 15) is 4.79 Å². The van der Waals surface area contributed by atoms with Crippen molar-refractivity contribution in [2.45, 2.75) is 12.8 Å². The van der Waals surface area contributed by atoms with Crippen molar-refractivity contribution >= 4 is 34.0 Å². The topological polar surface area (TPSA) is 17.1 Å². The van der Waals surface area contributed by atoms with E-state index in [4.69, 9.17) is 23.2 Å². The Kier molecular flexibility index (Phi) is 3.64. The average Bonchev–Trinajstić information content (AvgIpc) is 2.46. The van der Waals surface area contributed by atoms with E-state index in [0.717, 1.165) is 23.1 Å². The summed E-state index contributed by atoms with van der Waals surface area (Å²) in [7, 11) is 0. The third kappa shape index (κ3) is 2.39. The lowest BCUT2D eigenvalue weighted by Gasteiger charge is -2.22. The molecule has 0 saturated heterocycles. The van der Waals surface area contributed by atoms with Gasteiger partial charge in [-0.25, -0.2) is 0 Å². The third-order valence-electron chi connectivity index (χ3n) is 3.59. The van der Waals surface area contributed by atoms with Crippen LogP contribution in [0.15, 0.2) is 54.1 Å². The van der Waals surface area contributed by atoms with Crippen molar-refractivity contribution in [1.29, 1.82) is 0 Å². The number of hydrogen-bond donors (Lipinski definition) is 0. The number of aryl methyl sites for hydroxylation is 1. The molecule has 1 nitrogen and oxygen atoms in total. The maximum absolute atomic E-state index is 11.8. The van der Waals surface area contributed by atoms with Crippen molar-refractivity contribution in [1.82, 2.24) is 0 Å². The molecule has 3 rings (SSSR count). The van der Waals surface area contributed by atoms with E-state index < -0.39 is 0 Å². The normalized spacial score (nSPS) is 14.1. The Bertz CT molecular complexity index is 702. The van der Waals surface area contributed by atoms with Gasteiger partial charge in [-0.1, -0.05) is 48.0 Å². The molecule has 2 aromatic carbocycles. The maximum Gasteiger partial charge on any atom is 0.249 e. The Morgan fingerprint density at radius 2 is 1.75 bits per heavy atom. The zero-order valence-electron chi connectivity index (χ0n) is 10.7. The molecule has 0 radical (unpaired) electrons. The number of benzene rings is 2. The molecule has 0 bridgehead atoms. The largest absolute Gasteiger partial charge is 0.276 e. The quantitative estimate of drug-likeness (QED) is 0.725. The second-order valence-electron chi connectivity index (χ2n) is 4.79. The van der Waals surface area contributed by atoms with Crippen LogP contribution in [0.25, 0.3) is 5.57 Å². The van der Waals surface area contributed by atoms with Crippen LogP contribution in [0.1, 0.15) is 23.1 Å². The van der Waals surface area contributed by atoms with Gasteiger partial charge in [0.1, 0.15) is 0 Å². The van der Waals surface area contributed by atoms with Gasteiger partial charge in [0.15, 0.2) is 0 Å². The lowest BCUT2D eigenvalue weighted by atomic mass is 9.82. The second-order valence-corrected chi connectivity index (χ2v) is 5.57. The molecule has 0 amide bonds. The lowest BCUT2D eigenvalue weighted by Crippen LogP contribution is -2.10. The van der Waals surface area contributed by atoms with Crippen LogP contribution in [0.5, 0.6) is 0 Å². The number of carbonyl (C=O) groups excluding carboxylic acids is 1. The lowest BCUT2D eigenvalue weighted by molar-refractivity contribution is -0.108. The van der Waals surface area contributed by atoms with Gasteiger partial charge in [-0.05, 0) is 58.8 Å². The summed E-state index contributed by atoms with van der Waals surface area (Å²) in [5.41, 5.74) is 4.80. The van der Waals surface area contributed by atoms with Crippen LogP contribution in [0.3, 0.4) is 0 Å². The molecule has 0 heterocycles. The zero-order chi connectivity index (χ0) is 14.1. The molecule has 0 unspecified atom stereocenters. The first-order valence-corrected chi connectivity index (χ1v) is 7.19. The van der Waals surface area contributed by atoms with E-state index >= 15 is 0 Å². The van der Waals surface area contributed by atoms with Gasteiger partial charge in [0, 0.05) is 10.6 Å². The number of hydrogen-bond acceptors (Lipinski definition) is 1. The van der Waals surface area contributed by atoms with E-state index in [1.165, 1.54) is 5.56 Å². The van der Waals surface area contributed by atoms with Gasteiger partial charge >= 0.3 is 0 Å². The van der Waals surface area contributed by atoms with Crippen LogP contribution in [-0.2, 0) is 11.2 Å².